The zero-order chi connectivity index (χ0) is 26.7. The molecule has 0 aromatic heterocycles. The molecule has 36 heavy (non-hydrogen) atoms. The van der Waals surface area contributed by atoms with Crippen LogP contribution >= 0.6 is 0 Å². The number of alkyl halides is 3. The summed E-state index contributed by atoms with van der Waals surface area (Å²) in [7, 11) is 0. The second-order valence-electron chi connectivity index (χ2n) is 8.30. The molecule has 2 aromatic carbocycles. The van der Waals surface area contributed by atoms with E-state index in [1.165, 1.54) is 43.2 Å². The van der Waals surface area contributed by atoms with Gasteiger partial charge in [-0.15, -0.1) is 0 Å². The Morgan fingerprint density at radius 2 is 1.39 bits per heavy atom. The summed E-state index contributed by atoms with van der Waals surface area (Å²) in [5, 5.41) is 18.9. The predicted molar refractivity (Wildman–Crippen MR) is 132 cm³/mol. The Morgan fingerprint density at radius 1 is 0.778 bits per heavy atom. The molecule has 2 aromatic rings. The van der Waals surface area contributed by atoms with Crippen LogP contribution in [0.15, 0.2) is 54.6 Å². The Kier molecular flexibility index (Phi) is 15.7. The summed E-state index contributed by atoms with van der Waals surface area (Å²) in [4.78, 5) is 19.4. The molecule has 0 atom stereocenters. The zero-order valence-electron chi connectivity index (χ0n) is 20.4. The number of rotatable bonds is 16. The lowest BCUT2D eigenvalue weighted by atomic mass is 10.1. The number of aryl methyl sites for hydroxylation is 2. The number of benzene rings is 2. The average molecular weight is 512 g/mol. The smallest absolute Gasteiger partial charge is 0.490 e. The number of hydrogen-bond acceptors (Lipinski definition) is 4. The molecular weight excluding hydrogens is 475 g/mol. The van der Waals surface area contributed by atoms with E-state index in [2.05, 4.69) is 47.8 Å². The molecule has 6 nitrogen and oxygen atoms in total. The molecule has 0 fully saturated rings. The van der Waals surface area contributed by atoms with Gasteiger partial charge >= 0.3 is 18.1 Å². The van der Waals surface area contributed by atoms with Gasteiger partial charge in [0.25, 0.3) is 0 Å². The van der Waals surface area contributed by atoms with Crippen LogP contribution in [0, 0.1) is 0 Å². The first-order chi connectivity index (χ1) is 17.2. The van der Waals surface area contributed by atoms with Crippen molar-refractivity contribution < 1.29 is 37.7 Å². The van der Waals surface area contributed by atoms with Crippen molar-refractivity contribution >= 4 is 11.9 Å². The zero-order valence-corrected chi connectivity index (χ0v) is 20.4. The Bertz CT molecular complexity index is 875. The molecule has 2 rings (SSSR count). The molecule has 9 heteroatoms. The monoisotopic (exact) mass is 511 g/mol. The summed E-state index contributed by atoms with van der Waals surface area (Å²) in [5.41, 5.74) is 2.70. The van der Waals surface area contributed by atoms with E-state index in [0.717, 1.165) is 38.2 Å². The van der Waals surface area contributed by atoms with Crippen molar-refractivity contribution in [2.24, 2.45) is 0 Å². The first-order valence-corrected chi connectivity index (χ1v) is 12.2. The first kappa shape index (κ1) is 31.0. The Balaban J connectivity index is 0.000000809. The molecule has 0 aliphatic rings. The molecule has 0 saturated heterocycles. The Labute approximate surface area is 210 Å². The van der Waals surface area contributed by atoms with Gasteiger partial charge in [-0.1, -0.05) is 61.7 Å². The van der Waals surface area contributed by atoms with Crippen molar-refractivity contribution in [2.75, 3.05) is 19.7 Å². The molecule has 3 N–H and O–H groups in total. The fraction of sp³-hybridized carbons (Fsp3) is 0.481. The minimum atomic E-state index is -5.08. The van der Waals surface area contributed by atoms with Gasteiger partial charge in [0.2, 0.25) is 0 Å². The number of carbonyl (C=O) groups is 2. The maximum atomic E-state index is 10.6. The van der Waals surface area contributed by atoms with E-state index in [0.29, 0.717) is 6.54 Å². The summed E-state index contributed by atoms with van der Waals surface area (Å²) >= 11 is 0. The van der Waals surface area contributed by atoms with Crippen molar-refractivity contribution in [1.29, 1.82) is 0 Å². The molecule has 0 spiro atoms. The summed E-state index contributed by atoms with van der Waals surface area (Å²) < 4.78 is 37.6. The minimum absolute atomic E-state index is 0.177. The van der Waals surface area contributed by atoms with E-state index in [1.807, 2.05) is 12.1 Å². The number of halogens is 3. The normalized spacial score (nSPS) is 10.9. The molecule has 0 aliphatic heterocycles. The van der Waals surface area contributed by atoms with Gasteiger partial charge in [-0.25, -0.2) is 4.79 Å². The van der Waals surface area contributed by atoms with Crippen LogP contribution in [0.1, 0.15) is 56.1 Å². The highest BCUT2D eigenvalue weighted by Crippen LogP contribution is 2.16. The second-order valence-corrected chi connectivity index (χ2v) is 8.30. The third-order valence-corrected chi connectivity index (χ3v) is 5.20. The van der Waals surface area contributed by atoms with Gasteiger partial charge in [-0.05, 0) is 61.9 Å². The van der Waals surface area contributed by atoms with Crippen LogP contribution in [-0.4, -0.2) is 48.0 Å². The third kappa shape index (κ3) is 16.5. The largest absolute Gasteiger partial charge is 0.494 e. The minimum Gasteiger partial charge on any atom is -0.494 e. The van der Waals surface area contributed by atoms with Crippen LogP contribution in [0.2, 0.25) is 0 Å². The summed E-state index contributed by atoms with van der Waals surface area (Å²) in [5.74, 6) is -2.56. The molecule has 0 radical (unpaired) electrons. The number of carboxylic acid groups (broad SMARTS) is 2. The van der Waals surface area contributed by atoms with E-state index < -0.39 is 18.1 Å². The van der Waals surface area contributed by atoms with Gasteiger partial charge in [-0.3, -0.25) is 4.79 Å². The van der Waals surface area contributed by atoms with Crippen LogP contribution in [0.25, 0.3) is 0 Å². The number of unbranched alkanes of at least 4 members (excludes halogenated alkanes) is 4. The van der Waals surface area contributed by atoms with Crippen molar-refractivity contribution in [1.82, 2.24) is 5.32 Å². The molecule has 0 aliphatic carbocycles. The lowest BCUT2D eigenvalue weighted by Gasteiger charge is -2.09. The predicted octanol–water partition coefficient (Wildman–Crippen LogP) is 5.89. The van der Waals surface area contributed by atoms with E-state index in [-0.39, 0.29) is 6.42 Å². The molecule has 0 saturated carbocycles. The first-order valence-electron chi connectivity index (χ1n) is 12.2. The van der Waals surface area contributed by atoms with Crippen LogP contribution < -0.4 is 10.1 Å². The van der Waals surface area contributed by atoms with Gasteiger partial charge in [-0.2, -0.15) is 13.2 Å². The molecule has 0 unspecified atom stereocenters. The maximum Gasteiger partial charge on any atom is 0.490 e. The fourth-order valence-corrected chi connectivity index (χ4v) is 3.32. The SMILES string of the molecule is O=C(O)C(F)(F)F.O=C(O)CCNCCCc1cccc(OCCCCCCCc2ccccc2)c1. The van der Waals surface area contributed by atoms with E-state index >= 15 is 0 Å². The summed E-state index contributed by atoms with van der Waals surface area (Å²) in [6, 6.07) is 19.0. The van der Waals surface area contributed by atoms with Crippen molar-refractivity contribution in [3.05, 3.63) is 65.7 Å². The third-order valence-electron chi connectivity index (χ3n) is 5.20. The number of aliphatic carboxylic acids is 2. The van der Waals surface area contributed by atoms with Crippen LogP contribution in [0.5, 0.6) is 5.75 Å². The lowest BCUT2D eigenvalue weighted by molar-refractivity contribution is -0.192. The maximum absolute atomic E-state index is 10.6. The quantitative estimate of drug-likeness (QED) is 0.243. The number of carboxylic acids is 2. The van der Waals surface area contributed by atoms with E-state index in [9.17, 15) is 18.0 Å². The van der Waals surface area contributed by atoms with Crippen molar-refractivity contribution in [2.45, 2.75) is 64.0 Å². The molecule has 0 bridgehead atoms. The van der Waals surface area contributed by atoms with Crippen LogP contribution in [0.3, 0.4) is 0 Å². The van der Waals surface area contributed by atoms with Crippen LogP contribution in [-0.2, 0) is 22.4 Å². The van der Waals surface area contributed by atoms with Crippen molar-refractivity contribution in [3.8, 4) is 5.75 Å². The standard InChI is InChI=1S/C25H35NO3.C2HF3O2/c27-25(28)17-19-26-18-10-15-23-14-9-16-24(21-23)29-20-8-3-1-2-5-11-22-12-6-4-7-13-22;3-2(4,5)1(6)7/h4,6-7,9,12-14,16,21,26H,1-3,5,8,10-11,15,17-20H2,(H,27,28);(H,6,7). The molecule has 0 heterocycles. The van der Waals surface area contributed by atoms with Gasteiger partial charge in [0.05, 0.1) is 13.0 Å². The van der Waals surface area contributed by atoms with Crippen molar-refractivity contribution in [3.63, 3.8) is 0 Å². The number of nitrogens with one attached hydrogen (secondary N) is 1. The number of ether oxygens (including phenoxy) is 1. The lowest BCUT2D eigenvalue weighted by Crippen LogP contribution is -2.21. The second kappa shape index (κ2) is 18.2. The highest BCUT2D eigenvalue weighted by Gasteiger charge is 2.38. The summed E-state index contributed by atoms with van der Waals surface area (Å²) in [6.07, 6.45) is 4.37. The number of hydrogen-bond donors (Lipinski definition) is 3. The highest BCUT2D eigenvalue weighted by molar-refractivity contribution is 5.73. The molecule has 200 valence electrons. The van der Waals surface area contributed by atoms with Gasteiger partial charge < -0.3 is 20.3 Å². The van der Waals surface area contributed by atoms with Crippen LogP contribution in [0.4, 0.5) is 13.2 Å². The van der Waals surface area contributed by atoms with E-state index in [1.54, 1.807) is 0 Å². The Hall–Kier alpha value is -3.07. The topological polar surface area (TPSA) is 95.9 Å². The van der Waals surface area contributed by atoms with Gasteiger partial charge in [0.1, 0.15) is 5.75 Å². The molecule has 0 amide bonds. The Morgan fingerprint density at radius 3 is 2.06 bits per heavy atom. The highest BCUT2D eigenvalue weighted by atomic mass is 19.4. The average Bonchev–Trinajstić information content (AvgIpc) is 2.83. The van der Waals surface area contributed by atoms with Gasteiger partial charge in [0.15, 0.2) is 0 Å². The molecular formula is C27H36F3NO5. The van der Waals surface area contributed by atoms with Gasteiger partial charge in [0, 0.05) is 6.54 Å². The fourth-order valence-electron chi connectivity index (χ4n) is 3.32. The summed E-state index contributed by atoms with van der Waals surface area (Å²) in [6.45, 7) is 2.15. The van der Waals surface area contributed by atoms with E-state index in [4.69, 9.17) is 19.7 Å².